The summed E-state index contributed by atoms with van der Waals surface area (Å²) in [5, 5.41) is 0. The van der Waals surface area contributed by atoms with Crippen molar-refractivity contribution in [2.75, 3.05) is 38.2 Å². The molecule has 2 aromatic rings. The third kappa shape index (κ3) is 3.97. The maximum Gasteiger partial charge on any atom is 0.257 e. The summed E-state index contributed by atoms with van der Waals surface area (Å²) < 4.78 is 5.50. The van der Waals surface area contributed by atoms with Gasteiger partial charge in [0.05, 0.1) is 24.1 Å². The van der Waals surface area contributed by atoms with E-state index in [2.05, 4.69) is 9.88 Å². The Balaban J connectivity index is 1.49. The van der Waals surface area contributed by atoms with Crippen LogP contribution in [-0.4, -0.2) is 60.0 Å². The Labute approximate surface area is 170 Å². The number of fused-ring (bicyclic) bond motifs is 1. The van der Waals surface area contributed by atoms with E-state index in [9.17, 15) is 9.59 Å². The molecule has 29 heavy (non-hydrogen) atoms. The molecular weight excluding hydrogens is 370 g/mol. The molecule has 2 N–H and O–H groups in total. The number of piperidine rings is 2. The average Bonchev–Trinajstić information content (AvgIpc) is 2.77. The third-order valence-electron chi connectivity index (χ3n) is 5.99. The minimum absolute atomic E-state index is 0.0909. The van der Waals surface area contributed by atoms with Crippen LogP contribution in [0.4, 0.5) is 5.82 Å². The zero-order valence-electron chi connectivity index (χ0n) is 16.7. The van der Waals surface area contributed by atoms with Gasteiger partial charge in [-0.05, 0) is 37.8 Å². The molecule has 3 heterocycles. The first-order chi connectivity index (χ1) is 14.1. The molecule has 1 aromatic heterocycles. The second kappa shape index (κ2) is 8.23. The smallest absolute Gasteiger partial charge is 0.257 e. The Morgan fingerprint density at radius 1 is 1.03 bits per heavy atom. The van der Waals surface area contributed by atoms with E-state index in [-0.39, 0.29) is 23.7 Å². The molecule has 0 saturated carbocycles. The van der Waals surface area contributed by atoms with Crippen molar-refractivity contribution in [2.45, 2.75) is 25.7 Å². The number of carbonyl (C=O) groups is 2. The molecule has 2 aliphatic heterocycles. The number of hydrogen-bond donors (Lipinski definition) is 1. The van der Waals surface area contributed by atoms with Gasteiger partial charge in [0.25, 0.3) is 5.88 Å². The number of hydrogen-bond acceptors (Lipinski definition) is 6. The molecule has 154 valence electrons. The molecule has 1 aromatic carbocycles. The molecule has 0 spiro atoms. The van der Waals surface area contributed by atoms with Crippen LogP contribution in [0.5, 0.6) is 5.88 Å². The number of likely N-dealkylation sites (tertiary alicyclic amines) is 1. The Hall–Kier alpha value is -2.90. The number of nitrogens with zero attached hydrogens (tertiary/aromatic N) is 4. The largest absolute Gasteiger partial charge is 0.478 e. The fourth-order valence-corrected chi connectivity index (χ4v) is 4.33. The summed E-state index contributed by atoms with van der Waals surface area (Å²) in [7, 11) is 1.59. The zero-order valence-corrected chi connectivity index (χ0v) is 16.7. The van der Waals surface area contributed by atoms with Crippen LogP contribution < -0.4 is 15.4 Å². The lowest BCUT2D eigenvalue weighted by molar-refractivity contribution is -0.138. The van der Waals surface area contributed by atoms with Crippen molar-refractivity contribution in [1.29, 1.82) is 0 Å². The zero-order chi connectivity index (χ0) is 20.4. The molecule has 4 rings (SSSR count). The van der Waals surface area contributed by atoms with E-state index in [1.165, 1.54) is 0 Å². The summed E-state index contributed by atoms with van der Waals surface area (Å²) in [6, 6.07) is 7.70. The standard InChI is InChI=1S/C21H27N5O3/c1-29-20-19(23-16-6-2-3-7-17(16)24-20)26-10-4-5-15(13-26)21(28)25-11-8-14(9-12-25)18(22)27/h2-3,6-7,14-15H,4-5,8-13H2,1H3,(H2,22,27)/t15-/m0/s1. The average molecular weight is 397 g/mol. The number of methoxy groups -OCH3 is 1. The van der Waals surface area contributed by atoms with Gasteiger partial charge < -0.3 is 20.3 Å². The van der Waals surface area contributed by atoms with Gasteiger partial charge in [-0.25, -0.2) is 9.97 Å². The van der Waals surface area contributed by atoms with Crippen molar-refractivity contribution in [3.63, 3.8) is 0 Å². The molecule has 2 saturated heterocycles. The second-order valence-corrected chi connectivity index (χ2v) is 7.83. The van der Waals surface area contributed by atoms with E-state index in [4.69, 9.17) is 15.5 Å². The quantitative estimate of drug-likeness (QED) is 0.840. The molecule has 8 heteroatoms. The maximum absolute atomic E-state index is 13.1. The van der Waals surface area contributed by atoms with Gasteiger partial charge in [-0.3, -0.25) is 9.59 Å². The van der Waals surface area contributed by atoms with Crippen molar-refractivity contribution in [2.24, 2.45) is 17.6 Å². The number of primary amides is 1. The van der Waals surface area contributed by atoms with Gasteiger partial charge in [0.2, 0.25) is 11.8 Å². The topological polar surface area (TPSA) is 102 Å². The summed E-state index contributed by atoms with van der Waals surface area (Å²) in [5.74, 6) is 0.870. The molecule has 0 radical (unpaired) electrons. The van der Waals surface area contributed by atoms with Gasteiger partial charge in [-0.15, -0.1) is 0 Å². The summed E-state index contributed by atoms with van der Waals surface area (Å²) in [6.45, 7) is 2.61. The fraction of sp³-hybridized carbons (Fsp3) is 0.524. The van der Waals surface area contributed by atoms with Gasteiger partial charge in [0.1, 0.15) is 0 Å². The van der Waals surface area contributed by atoms with E-state index in [0.29, 0.717) is 44.2 Å². The first kappa shape index (κ1) is 19.4. The van der Waals surface area contributed by atoms with Gasteiger partial charge in [-0.1, -0.05) is 12.1 Å². The monoisotopic (exact) mass is 397 g/mol. The van der Waals surface area contributed by atoms with Gasteiger partial charge in [0.15, 0.2) is 5.82 Å². The van der Waals surface area contributed by atoms with Crippen LogP contribution in [0.2, 0.25) is 0 Å². The number of para-hydroxylation sites is 2. The predicted octanol–water partition coefficient (Wildman–Crippen LogP) is 1.58. The molecule has 0 aliphatic carbocycles. The Kier molecular flexibility index (Phi) is 5.51. The van der Waals surface area contributed by atoms with Crippen LogP contribution in [0.3, 0.4) is 0 Å². The lowest BCUT2D eigenvalue weighted by atomic mass is 9.92. The van der Waals surface area contributed by atoms with E-state index >= 15 is 0 Å². The van der Waals surface area contributed by atoms with Crippen molar-refractivity contribution in [1.82, 2.24) is 14.9 Å². The fourth-order valence-electron chi connectivity index (χ4n) is 4.33. The molecule has 1 atom stereocenters. The highest BCUT2D eigenvalue weighted by atomic mass is 16.5. The van der Waals surface area contributed by atoms with Crippen LogP contribution in [-0.2, 0) is 9.59 Å². The number of rotatable bonds is 4. The molecule has 2 fully saturated rings. The lowest BCUT2D eigenvalue weighted by Crippen LogP contribution is -2.48. The van der Waals surface area contributed by atoms with Crippen LogP contribution in [0.1, 0.15) is 25.7 Å². The van der Waals surface area contributed by atoms with Crippen molar-refractivity contribution >= 4 is 28.7 Å². The number of amides is 2. The van der Waals surface area contributed by atoms with Crippen LogP contribution in [0, 0.1) is 11.8 Å². The molecular formula is C21H27N5O3. The van der Waals surface area contributed by atoms with Gasteiger partial charge in [-0.2, -0.15) is 0 Å². The summed E-state index contributed by atoms with van der Waals surface area (Å²) in [6.07, 6.45) is 3.07. The van der Waals surface area contributed by atoms with E-state index in [1.54, 1.807) is 7.11 Å². The molecule has 0 bridgehead atoms. The molecule has 2 aliphatic rings. The highest BCUT2D eigenvalue weighted by Crippen LogP contribution is 2.31. The van der Waals surface area contributed by atoms with Gasteiger partial charge >= 0.3 is 0 Å². The number of aromatic nitrogens is 2. The summed E-state index contributed by atoms with van der Waals surface area (Å²) in [5.41, 5.74) is 7.00. The molecule has 2 amide bonds. The summed E-state index contributed by atoms with van der Waals surface area (Å²) >= 11 is 0. The predicted molar refractivity (Wildman–Crippen MR) is 110 cm³/mol. The minimum atomic E-state index is -0.261. The Morgan fingerprint density at radius 3 is 2.38 bits per heavy atom. The summed E-state index contributed by atoms with van der Waals surface area (Å²) in [4.78, 5) is 37.8. The maximum atomic E-state index is 13.1. The van der Waals surface area contributed by atoms with E-state index < -0.39 is 0 Å². The van der Waals surface area contributed by atoms with Crippen LogP contribution in [0.15, 0.2) is 24.3 Å². The van der Waals surface area contributed by atoms with Crippen molar-refractivity contribution < 1.29 is 14.3 Å². The number of benzene rings is 1. The highest BCUT2D eigenvalue weighted by Gasteiger charge is 2.33. The minimum Gasteiger partial charge on any atom is -0.478 e. The third-order valence-corrected chi connectivity index (χ3v) is 5.99. The van der Waals surface area contributed by atoms with Crippen LogP contribution >= 0.6 is 0 Å². The molecule has 8 nitrogen and oxygen atoms in total. The lowest BCUT2D eigenvalue weighted by Gasteiger charge is -2.37. The Morgan fingerprint density at radius 2 is 1.72 bits per heavy atom. The number of carbonyl (C=O) groups excluding carboxylic acids is 2. The normalized spacial score (nSPS) is 20.7. The SMILES string of the molecule is COc1nc2ccccc2nc1N1CCC[C@H](C(=O)N2CCC(C(N)=O)CC2)C1. The number of ether oxygens (including phenoxy) is 1. The first-order valence-electron chi connectivity index (χ1n) is 10.2. The van der Waals surface area contributed by atoms with Crippen molar-refractivity contribution in [3.05, 3.63) is 24.3 Å². The van der Waals surface area contributed by atoms with E-state index in [1.807, 2.05) is 29.2 Å². The molecule has 0 unspecified atom stereocenters. The van der Waals surface area contributed by atoms with Crippen LogP contribution in [0.25, 0.3) is 11.0 Å². The first-order valence-corrected chi connectivity index (χ1v) is 10.2. The number of nitrogens with two attached hydrogens (primary N) is 1. The number of anilines is 1. The highest BCUT2D eigenvalue weighted by molar-refractivity contribution is 5.82. The van der Waals surface area contributed by atoms with Gasteiger partial charge in [0, 0.05) is 32.1 Å². The Bertz CT molecular complexity index is 910. The second-order valence-electron chi connectivity index (χ2n) is 7.83. The van der Waals surface area contributed by atoms with E-state index in [0.717, 1.165) is 30.4 Å². The van der Waals surface area contributed by atoms with Crippen molar-refractivity contribution in [3.8, 4) is 5.88 Å².